The summed E-state index contributed by atoms with van der Waals surface area (Å²) in [5, 5.41) is 17.7. The van der Waals surface area contributed by atoms with Gasteiger partial charge in [0.2, 0.25) is 10.0 Å². The third-order valence-electron chi connectivity index (χ3n) is 4.44. The monoisotopic (exact) mass is 366 g/mol. The Morgan fingerprint density at radius 2 is 1.31 bits per heavy atom. The highest BCUT2D eigenvalue weighted by Gasteiger charge is 2.28. The highest BCUT2D eigenvalue weighted by molar-refractivity contribution is 7.89. The van der Waals surface area contributed by atoms with Gasteiger partial charge in [-0.1, -0.05) is 12.1 Å². The predicted octanol–water partition coefficient (Wildman–Crippen LogP) is 1.94. The molecule has 0 atom stereocenters. The third kappa shape index (κ3) is 3.92. The van der Waals surface area contributed by atoms with Crippen molar-refractivity contribution >= 4 is 10.0 Å². The van der Waals surface area contributed by atoms with Crippen LogP contribution in [0.1, 0.15) is 16.7 Å². The number of piperazine rings is 1. The molecule has 0 bridgehead atoms. The molecule has 2 aromatic rings. The molecule has 26 heavy (non-hydrogen) atoms. The van der Waals surface area contributed by atoms with Crippen molar-refractivity contribution in [2.45, 2.75) is 11.4 Å². The predicted molar refractivity (Wildman–Crippen MR) is 96.3 cm³/mol. The van der Waals surface area contributed by atoms with Gasteiger partial charge in [-0.15, -0.1) is 0 Å². The molecule has 6 nitrogen and oxygen atoms in total. The molecule has 1 fully saturated rings. The average molecular weight is 366 g/mol. The van der Waals surface area contributed by atoms with Crippen LogP contribution in [0, 0.1) is 22.7 Å². The summed E-state index contributed by atoms with van der Waals surface area (Å²) in [5.74, 6) is 0. The molecule has 1 aliphatic heterocycles. The Morgan fingerprint density at radius 1 is 0.808 bits per heavy atom. The Balaban J connectivity index is 1.61. The fourth-order valence-electron chi connectivity index (χ4n) is 2.92. The van der Waals surface area contributed by atoms with Crippen LogP contribution in [0.5, 0.6) is 0 Å². The molecule has 1 aliphatic rings. The maximum Gasteiger partial charge on any atom is 0.243 e. The minimum Gasteiger partial charge on any atom is -0.296 e. The second kappa shape index (κ2) is 7.67. The Morgan fingerprint density at radius 3 is 1.81 bits per heavy atom. The minimum absolute atomic E-state index is 0.219. The second-order valence-corrected chi connectivity index (χ2v) is 8.06. The summed E-state index contributed by atoms with van der Waals surface area (Å²) >= 11 is 0. The first-order valence-electron chi connectivity index (χ1n) is 8.24. The molecular weight excluding hydrogens is 348 g/mol. The summed E-state index contributed by atoms with van der Waals surface area (Å²) in [6.45, 7) is 2.89. The van der Waals surface area contributed by atoms with Gasteiger partial charge in [0, 0.05) is 32.7 Å². The molecule has 0 aliphatic carbocycles. The number of hydrogen-bond acceptors (Lipinski definition) is 5. The van der Waals surface area contributed by atoms with Crippen molar-refractivity contribution in [3.8, 4) is 12.1 Å². The smallest absolute Gasteiger partial charge is 0.243 e. The van der Waals surface area contributed by atoms with E-state index in [1.165, 1.54) is 28.6 Å². The number of hydrogen-bond donors (Lipinski definition) is 0. The first-order chi connectivity index (χ1) is 12.5. The van der Waals surface area contributed by atoms with Crippen LogP contribution in [0.3, 0.4) is 0 Å². The van der Waals surface area contributed by atoms with Crippen molar-refractivity contribution < 1.29 is 8.42 Å². The van der Waals surface area contributed by atoms with Crippen LogP contribution >= 0.6 is 0 Å². The number of nitriles is 2. The molecule has 1 heterocycles. The fourth-order valence-corrected chi connectivity index (χ4v) is 4.34. The molecule has 0 saturated carbocycles. The summed E-state index contributed by atoms with van der Waals surface area (Å²) in [6.07, 6.45) is 0. The zero-order valence-corrected chi connectivity index (χ0v) is 15.0. The summed E-state index contributed by atoms with van der Waals surface area (Å²) in [4.78, 5) is 2.42. The van der Waals surface area contributed by atoms with Crippen molar-refractivity contribution in [2.24, 2.45) is 0 Å². The van der Waals surface area contributed by atoms with Crippen LogP contribution < -0.4 is 0 Å². The van der Waals surface area contributed by atoms with Crippen LogP contribution in [0.25, 0.3) is 0 Å². The maximum absolute atomic E-state index is 12.7. The number of sulfonamides is 1. The lowest BCUT2D eigenvalue weighted by molar-refractivity contribution is 0.181. The lowest BCUT2D eigenvalue weighted by Gasteiger charge is -2.34. The molecule has 7 heteroatoms. The molecule has 0 N–H and O–H groups in total. The van der Waals surface area contributed by atoms with Gasteiger partial charge < -0.3 is 0 Å². The van der Waals surface area contributed by atoms with E-state index in [2.05, 4.69) is 11.0 Å². The SMILES string of the molecule is N#Cc1ccc(CN2CCN(S(=O)(=O)c3ccc(C#N)cc3)CC2)cc1. The zero-order valence-electron chi connectivity index (χ0n) is 14.2. The zero-order chi connectivity index (χ0) is 18.6. The van der Waals surface area contributed by atoms with Crippen molar-refractivity contribution in [2.75, 3.05) is 26.2 Å². The molecule has 3 rings (SSSR count). The van der Waals surface area contributed by atoms with Gasteiger partial charge in [-0.05, 0) is 42.0 Å². The van der Waals surface area contributed by atoms with Gasteiger partial charge in [0.05, 0.1) is 28.2 Å². The lowest BCUT2D eigenvalue weighted by atomic mass is 10.1. The second-order valence-electron chi connectivity index (χ2n) is 6.13. The molecule has 0 radical (unpaired) electrons. The van der Waals surface area contributed by atoms with E-state index in [0.717, 1.165) is 12.1 Å². The van der Waals surface area contributed by atoms with E-state index in [0.29, 0.717) is 37.3 Å². The van der Waals surface area contributed by atoms with Crippen LogP contribution in [0.2, 0.25) is 0 Å². The average Bonchev–Trinajstić information content (AvgIpc) is 2.69. The number of rotatable bonds is 4. The Labute approximate surface area is 153 Å². The van der Waals surface area contributed by atoms with E-state index in [4.69, 9.17) is 10.5 Å². The summed E-state index contributed by atoms with van der Waals surface area (Å²) < 4.78 is 26.9. The van der Waals surface area contributed by atoms with Crippen LogP contribution in [0.4, 0.5) is 0 Å². The van der Waals surface area contributed by atoms with E-state index in [9.17, 15) is 8.42 Å². The fraction of sp³-hybridized carbons (Fsp3) is 0.263. The first kappa shape index (κ1) is 18.1. The topological polar surface area (TPSA) is 88.2 Å². The van der Waals surface area contributed by atoms with Crippen LogP contribution in [-0.4, -0.2) is 43.8 Å². The van der Waals surface area contributed by atoms with Gasteiger partial charge >= 0.3 is 0 Å². The largest absolute Gasteiger partial charge is 0.296 e. The summed E-state index contributed by atoms with van der Waals surface area (Å²) in [6, 6.07) is 17.5. The summed E-state index contributed by atoms with van der Waals surface area (Å²) in [5.41, 5.74) is 2.18. The molecule has 0 amide bonds. The van der Waals surface area contributed by atoms with Gasteiger partial charge in [-0.25, -0.2) is 8.42 Å². The Kier molecular flexibility index (Phi) is 5.34. The maximum atomic E-state index is 12.7. The minimum atomic E-state index is -3.53. The van der Waals surface area contributed by atoms with Gasteiger partial charge in [-0.3, -0.25) is 4.90 Å². The Hall–Kier alpha value is -2.71. The quantitative estimate of drug-likeness (QED) is 0.825. The van der Waals surface area contributed by atoms with E-state index in [1.807, 2.05) is 18.2 Å². The van der Waals surface area contributed by atoms with Crippen LogP contribution in [-0.2, 0) is 16.6 Å². The van der Waals surface area contributed by atoms with E-state index < -0.39 is 10.0 Å². The highest BCUT2D eigenvalue weighted by Crippen LogP contribution is 2.19. The summed E-state index contributed by atoms with van der Waals surface area (Å²) in [7, 11) is -3.53. The molecule has 0 aromatic heterocycles. The molecule has 2 aromatic carbocycles. The van der Waals surface area contributed by atoms with E-state index in [1.54, 1.807) is 12.1 Å². The molecule has 0 unspecified atom stereocenters. The molecule has 0 spiro atoms. The lowest BCUT2D eigenvalue weighted by Crippen LogP contribution is -2.48. The molecular formula is C19H18N4O2S. The van der Waals surface area contributed by atoms with Gasteiger partial charge in [0.15, 0.2) is 0 Å². The number of benzene rings is 2. The first-order valence-corrected chi connectivity index (χ1v) is 9.68. The van der Waals surface area contributed by atoms with Crippen molar-refractivity contribution in [3.05, 3.63) is 65.2 Å². The van der Waals surface area contributed by atoms with Gasteiger partial charge in [0.25, 0.3) is 0 Å². The van der Waals surface area contributed by atoms with E-state index >= 15 is 0 Å². The normalized spacial score (nSPS) is 15.9. The molecule has 1 saturated heterocycles. The van der Waals surface area contributed by atoms with E-state index in [-0.39, 0.29) is 4.90 Å². The third-order valence-corrected chi connectivity index (χ3v) is 6.35. The van der Waals surface area contributed by atoms with Gasteiger partial charge in [0.1, 0.15) is 0 Å². The van der Waals surface area contributed by atoms with Crippen molar-refractivity contribution in [1.29, 1.82) is 10.5 Å². The van der Waals surface area contributed by atoms with Crippen LogP contribution in [0.15, 0.2) is 53.4 Å². The number of nitrogens with zero attached hydrogens (tertiary/aromatic N) is 4. The Bertz CT molecular complexity index is 947. The standard InChI is InChI=1S/C19H18N4O2S/c20-13-16-1-3-18(4-2-16)15-22-9-11-23(12-10-22)26(24,25)19-7-5-17(14-21)6-8-19/h1-8H,9-12,15H2. The molecule has 132 valence electrons. The van der Waals surface area contributed by atoms with Crippen molar-refractivity contribution in [3.63, 3.8) is 0 Å². The van der Waals surface area contributed by atoms with Crippen molar-refractivity contribution in [1.82, 2.24) is 9.21 Å². The van der Waals surface area contributed by atoms with Gasteiger partial charge in [-0.2, -0.15) is 14.8 Å². The highest BCUT2D eigenvalue weighted by atomic mass is 32.2.